The summed E-state index contributed by atoms with van der Waals surface area (Å²) in [5, 5.41) is 9.76. The molecule has 2 aliphatic heterocycles. The van der Waals surface area contributed by atoms with E-state index < -0.39 is 34.9 Å². The highest BCUT2D eigenvalue weighted by Crippen LogP contribution is 2.54. The summed E-state index contributed by atoms with van der Waals surface area (Å²) in [6.07, 6.45) is -1.28. The fourth-order valence-electron chi connectivity index (χ4n) is 4.23. The molecule has 0 aliphatic carbocycles. The summed E-state index contributed by atoms with van der Waals surface area (Å²) in [6.45, 7) is 5.53. The number of aliphatic hydroxyl groups excluding tert-OH is 1. The number of ether oxygens (including phenoxy) is 1. The molecule has 0 bridgehead atoms. The normalized spacial score (nSPS) is 26.0. The lowest BCUT2D eigenvalue weighted by atomic mass is 9.88. The van der Waals surface area contributed by atoms with Gasteiger partial charge in [0, 0.05) is 4.75 Å². The average Bonchev–Trinajstić information content (AvgIpc) is 2.94. The molecule has 0 saturated carbocycles. The van der Waals surface area contributed by atoms with E-state index in [0.29, 0.717) is 0 Å². The van der Waals surface area contributed by atoms with Crippen molar-refractivity contribution in [2.75, 3.05) is 0 Å². The van der Waals surface area contributed by atoms with Crippen LogP contribution in [0.3, 0.4) is 0 Å². The van der Waals surface area contributed by atoms with Crippen LogP contribution in [-0.2, 0) is 14.3 Å². The van der Waals surface area contributed by atoms with Crippen LogP contribution in [0.2, 0.25) is 0 Å². The van der Waals surface area contributed by atoms with Crippen molar-refractivity contribution in [3.63, 3.8) is 0 Å². The van der Waals surface area contributed by atoms with Crippen LogP contribution in [0.15, 0.2) is 60.7 Å². The van der Waals surface area contributed by atoms with E-state index in [2.05, 4.69) is 0 Å². The minimum atomic E-state index is -0.733. The SMILES string of the molecule is CC(O)[C@@H]1C(=O)N2[C@@H]1SC(C)(C)[C@@H]2C(=O)OC(c1ccccc1)c1ccccc1. The van der Waals surface area contributed by atoms with Gasteiger partial charge in [-0.1, -0.05) is 60.7 Å². The highest BCUT2D eigenvalue weighted by molar-refractivity contribution is 8.01. The molecule has 6 heteroatoms. The molecule has 5 nitrogen and oxygen atoms in total. The van der Waals surface area contributed by atoms with Gasteiger partial charge in [0.25, 0.3) is 0 Å². The smallest absolute Gasteiger partial charge is 0.331 e. The van der Waals surface area contributed by atoms with Gasteiger partial charge in [0.2, 0.25) is 5.91 Å². The predicted octanol–water partition coefficient (Wildman–Crippen LogP) is 3.38. The third-order valence-electron chi connectivity index (χ3n) is 5.66. The first-order chi connectivity index (χ1) is 13.8. The number of thioether (sulfide) groups is 1. The van der Waals surface area contributed by atoms with Gasteiger partial charge in [0.15, 0.2) is 6.10 Å². The molecule has 1 unspecified atom stereocenters. The number of β-lactam (4-membered cyclic amide) rings is 1. The number of esters is 1. The molecule has 2 aliphatic rings. The van der Waals surface area contributed by atoms with Crippen LogP contribution in [0.4, 0.5) is 0 Å². The van der Waals surface area contributed by atoms with Gasteiger partial charge >= 0.3 is 5.97 Å². The Morgan fingerprint density at radius 2 is 1.59 bits per heavy atom. The molecule has 0 aromatic heterocycles. The van der Waals surface area contributed by atoms with E-state index in [1.165, 1.54) is 0 Å². The molecular formula is C23H25NO4S. The molecule has 29 heavy (non-hydrogen) atoms. The molecular weight excluding hydrogens is 386 g/mol. The minimum absolute atomic E-state index is 0.180. The summed E-state index contributed by atoms with van der Waals surface area (Å²) in [6, 6.07) is 18.5. The van der Waals surface area contributed by atoms with Crippen molar-refractivity contribution in [3.8, 4) is 0 Å². The molecule has 0 radical (unpaired) electrons. The molecule has 2 aromatic carbocycles. The molecule has 1 amide bonds. The highest BCUT2D eigenvalue weighted by atomic mass is 32.2. The maximum Gasteiger partial charge on any atom is 0.331 e. The molecule has 4 rings (SSSR count). The van der Waals surface area contributed by atoms with E-state index >= 15 is 0 Å². The van der Waals surface area contributed by atoms with Crippen molar-refractivity contribution in [2.24, 2.45) is 5.92 Å². The Labute approximate surface area is 175 Å². The zero-order chi connectivity index (χ0) is 20.8. The van der Waals surface area contributed by atoms with E-state index in [0.717, 1.165) is 11.1 Å². The van der Waals surface area contributed by atoms with Crippen molar-refractivity contribution in [2.45, 2.75) is 49.1 Å². The molecule has 2 heterocycles. The molecule has 2 saturated heterocycles. The van der Waals surface area contributed by atoms with E-state index in [9.17, 15) is 14.7 Å². The number of carbonyl (C=O) groups is 2. The Kier molecular flexibility index (Phi) is 5.17. The Balaban J connectivity index is 1.62. The minimum Gasteiger partial charge on any atom is -0.451 e. The third-order valence-corrected chi connectivity index (χ3v) is 7.26. The monoisotopic (exact) mass is 411 g/mol. The topological polar surface area (TPSA) is 66.8 Å². The first-order valence-electron chi connectivity index (χ1n) is 9.79. The van der Waals surface area contributed by atoms with Crippen LogP contribution in [0.25, 0.3) is 0 Å². The van der Waals surface area contributed by atoms with Crippen LogP contribution in [-0.4, -0.2) is 44.1 Å². The van der Waals surface area contributed by atoms with Gasteiger partial charge < -0.3 is 14.7 Å². The van der Waals surface area contributed by atoms with Gasteiger partial charge in [-0.2, -0.15) is 0 Å². The quantitative estimate of drug-likeness (QED) is 0.604. The van der Waals surface area contributed by atoms with Crippen molar-refractivity contribution in [1.29, 1.82) is 0 Å². The van der Waals surface area contributed by atoms with E-state index in [1.54, 1.807) is 23.6 Å². The second-order valence-corrected chi connectivity index (χ2v) is 9.94. The maximum absolute atomic E-state index is 13.3. The molecule has 0 spiro atoms. The van der Waals surface area contributed by atoms with Crippen molar-refractivity contribution in [3.05, 3.63) is 71.8 Å². The lowest BCUT2D eigenvalue weighted by molar-refractivity contribution is -0.172. The summed E-state index contributed by atoms with van der Waals surface area (Å²) >= 11 is 1.56. The summed E-state index contributed by atoms with van der Waals surface area (Å²) < 4.78 is 5.53. The molecule has 4 atom stereocenters. The van der Waals surface area contributed by atoms with Crippen molar-refractivity contribution >= 4 is 23.6 Å². The molecule has 2 fully saturated rings. The lowest BCUT2D eigenvalue weighted by Crippen LogP contribution is -2.65. The van der Waals surface area contributed by atoms with E-state index in [-0.39, 0.29) is 11.3 Å². The largest absolute Gasteiger partial charge is 0.451 e. The number of benzene rings is 2. The number of hydrogen-bond acceptors (Lipinski definition) is 5. The second kappa shape index (κ2) is 7.50. The fraction of sp³-hybridized carbons (Fsp3) is 0.391. The Bertz CT molecular complexity index is 860. The number of nitrogens with zero attached hydrogens (tertiary/aromatic N) is 1. The highest BCUT2D eigenvalue weighted by Gasteiger charge is 2.65. The Hall–Kier alpha value is -2.31. The maximum atomic E-state index is 13.3. The van der Waals surface area contributed by atoms with E-state index in [4.69, 9.17) is 4.74 Å². The van der Waals surface area contributed by atoms with E-state index in [1.807, 2.05) is 74.5 Å². The second-order valence-electron chi connectivity index (χ2n) is 8.16. The fourth-order valence-corrected chi connectivity index (χ4v) is 6.02. The third kappa shape index (κ3) is 3.45. The molecule has 1 N–H and O–H groups in total. The number of aliphatic hydroxyl groups is 1. The van der Waals surface area contributed by atoms with Gasteiger partial charge in [0.1, 0.15) is 6.04 Å². The van der Waals surface area contributed by atoms with Crippen LogP contribution in [0.5, 0.6) is 0 Å². The average molecular weight is 412 g/mol. The van der Waals surface area contributed by atoms with Gasteiger partial charge in [-0.15, -0.1) is 11.8 Å². The summed E-state index contributed by atoms with van der Waals surface area (Å²) in [4.78, 5) is 27.6. The summed E-state index contributed by atoms with van der Waals surface area (Å²) in [5.74, 6) is -1.06. The first-order valence-corrected chi connectivity index (χ1v) is 10.7. The van der Waals surface area contributed by atoms with Crippen molar-refractivity contribution < 1.29 is 19.4 Å². The summed E-state index contributed by atoms with van der Waals surface area (Å²) in [7, 11) is 0. The zero-order valence-electron chi connectivity index (χ0n) is 16.7. The Morgan fingerprint density at radius 3 is 2.07 bits per heavy atom. The Morgan fingerprint density at radius 1 is 1.07 bits per heavy atom. The lowest BCUT2D eigenvalue weighted by Gasteiger charge is -2.45. The van der Waals surface area contributed by atoms with Gasteiger partial charge in [-0.25, -0.2) is 4.79 Å². The van der Waals surface area contributed by atoms with Gasteiger partial charge in [-0.05, 0) is 31.9 Å². The van der Waals surface area contributed by atoms with Crippen molar-refractivity contribution in [1.82, 2.24) is 4.90 Å². The van der Waals surface area contributed by atoms with Crippen LogP contribution < -0.4 is 0 Å². The first kappa shape index (κ1) is 20.0. The predicted molar refractivity (Wildman–Crippen MR) is 112 cm³/mol. The summed E-state index contributed by atoms with van der Waals surface area (Å²) in [5.41, 5.74) is 1.76. The number of rotatable bonds is 5. The number of hydrogen-bond donors (Lipinski definition) is 1. The molecule has 152 valence electrons. The van der Waals surface area contributed by atoms with Gasteiger partial charge in [0.05, 0.1) is 17.4 Å². The van der Waals surface area contributed by atoms with Crippen LogP contribution in [0.1, 0.15) is 38.0 Å². The standard InChI is InChI=1S/C23H25NO4S/c1-14(25)17-20(26)24-19(23(2,3)29-21(17)24)22(27)28-18(15-10-6-4-7-11-15)16-12-8-5-9-13-16/h4-14,17-19,21,25H,1-3H3/t14?,17-,19+,21-/m1/s1. The zero-order valence-corrected chi connectivity index (χ0v) is 17.5. The number of amides is 1. The van der Waals surface area contributed by atoms with Crippen LogP contribution in [0, 0.1) is 5.92 Å². The number of fused-ring (bicyclic) bond motifs is 1. The van der Waals surface area contributed by atoms with Gasteiger partial charge in [-0.3, -0.25) is 4.79 Å². The molecule has 2 aromatic rings. The number of carbonyl (C=O) groups excluding carboxylic acids is 2. The van der Waals surface area contributed by atoms with Crippen LogP contribution >= 0.6 is 11.8 Å².